The second kappa shape index (κ2) is 5.27. The van der Waals surface area contributed by atoms with Gasteiger partial charge in [0.15, 0.2) is 0 Å². The van der Waals surface area contributed by atoms with E-state index in [-0.39, 0.29) is 11.8 Å². The zero-order chi connectivity index (χ0) is 13.1. The third kappa shape index (κ3) is 2.57. The van der Waals surface area contributed by atoms with Crippen LogP contribution in [0.2, 0.25) is 0 Å². The number of nitrogens with one attached hydrogen (secondary N) is 1. The fourth-order valence-corrected chi connectivity index (χ4v) is 2.03. The molecule has 1 heterocycles. The molecule has 0 spiro atoms. The number of hydrogen-bond donors (Lipinski definition) is 1. The van der Waals surface area contributed by atoms with Crippen LogP contribution in [0, 0.1) is 13.8 Å². The SMILES string of the molecule is Cc1ccc(C)n1-c1ccc(NC(=O)CCl)cc1. The van der Waals surface area contributed by atoms with Gasteiger partial charge in [0.2, 0.25) is 5.91 Å². The van der Waals surface area contributed by atoms with E-state index in [1.54, 1.807) is 0 Å². The van der Waals surface area contributed by atoms with E-state index in [1.807, 2.05) is 24.3 Å². The van der Waals surface area contributed by atoms with Crippen LogP contribution in [-0.2, 0) is 4.79 Å². The van der Waals surface area contributed by atoms with E-state index in [9.17, 15) is 4.79 Å². The molecule has 0 saturated carbocycles. The van der Waals surface area contributed by atoms with E-state index in [0.717, 1.165) is 11.4 Å². The number of aryl methyl sites for hydroxylation is 2. The lowest BCUT2D eigenvalue weighted by Crippen LogP contribution is -2.12. The number of amides is 1. The average Bonchev–Trinajstić information content (AvgIpc) is 2.70. The maximum Gasteiger partial charge on any atom is 0.239 e. The van der Waals surface area contributed by atoms with E-state index < -0.39 is 0 Å². The number of carbonyl (C=O) groups excluding carboxylic acids is 1. The third-order valence-corrected chi connectivity index (χ3v) is 3.04. The Morgan fingerprint density at radius 2 is 1.67 bits per heavy atom. The first-order valence-corrected chi connectivity index (χ1v) is 6.26. The zero-order valence-corrected chi connectivity index (χ0v) is 11.2. The Kier molecular flexibility index (Phi) is 3.72. The molecule has 18 heavy (non-hydrogen) atoms. The van der Waals surface area contributed by atoms with Crippen molar-refractivity contribution in [1.82, 2.24) is 4.57 Å². The standard InChI is InChI=1S/C14H15ClN2O/c1-10-3-4-11(2)17(10)13-7-5-12(6-8-13)16-14(18)9-15/h3-8H,9H2,1-2H3,(H,16,18). The summed E-state index contributed by atoms with van der Waals surface area (Å²) in [5.74, 6) is -0.227. The van der Waals surface area contributed by atoms with E-state index >= 15 is 0 Å². The van der Waals surface area contributed by atoms with Crippen LogP contribution in [0.25, 0.3) is 5.69 Å². The second-order valence-corrected chi connectivity index (χ2v) is 4.45. The molecule has 0 fully saturated rings. The molecule has 0 radical (unpaired) electrons. The molecule has 4 heteroatoms. The summed E-state index contributed by atoms with van der Waals surface area (Å²) in [5.41, 5.74) is 4.21. The number of alkyl halides is 1. The van der Waals surface area contributed by atoms with Crippen LogP contribution in [-0.4, -0.2) is 16.4 Å². The topological polar surface area (TPSA) is 34.0 Å². The number of hydrogen-bond acceptors (Lipinski definition) is 1. The minimum atomic E-state index is -0.197. The summed E-state index contributed by atoms with van der Waals surface area (Å²) in [6, 6.07) is 11.9. The normalized spacial score (nSPS) is 10.4. The van der Waals surface area contributed by atoms with Crippen LogP contribution in [0.3, 0.4) is 0 Å². The smallest absolute Gasteiger partial charge is 0.239 e. The van der Waals surface area contributed by atoms with Crippen molar-refractivity contribution in [3.05, 3.63) is 47.8 Å². The zero-order valence-electron chi connectivity index (χ0n) is 10.4. The van der Waals surface area contributed by atoms with Crippen molar-refractivity contribution in [2.75, 3.05) is 11.2 Å². The van der Waals surface area contributed by atoms with Crippen LogP contribution in [0.5, 0.6) is 0 Å². The van der Waals surface area contributed by atoms with Gasteiger partial charge in [-0.3, -0.25) is 4.79 Å². The van der Waals surface area contributed by atoms with Gasteiger partial charge in [-0.05, 0) is 50.2 Å². The van der Waals surface area contributed by atoms with E-state index in [1.165, 1.54) is 11.4 Å². The van der Waals surface area contributed by atoms with E-state index in [4.69, 9.17) is 11.6 Å². The van der Waals surface area contributed by atoms with Gasteiger partial charge in [-0.2, -0.15) is 0 Å². The van der Waals surface area contributed by atoms with Gasteiger partial charge in [0.1, 0.15) is 5.88 Å². The first kappa shape index (κ1) is 12.7. The average molecular weight is 263 g/mol. The van der Waals surface area contributed by atoms with Crippen LogP contribution in [0.1, 0.15) is 11.4 Å². The molecular weight excluding hydrogens is 248 g/mol. The van der Waals surface area contributed by atoms with E-state index in [2.05, 4.69) is 35.9 Å². The Labute approximate surface area is 111 Å². The minimum absolute atomic E-state index is 0.0302. The lowest BCUT2D eigenvalue weighted by molar-refractivity contribution is -0.113. The lowest BCUT2D eigenvalue weighted by atomic mass is 10.2. The summed E-state index contributed by atoms with van der Waals surface area (Å²) in [4.78, 5) is 11.2. The number of halogens is 1. The Bertz CT molecular complexity index is 538. The first-order valence-electron chi connectivity index (χ1n) is 5.73. The molecule has 1 amide bonds. The molecule has 0 aliphatic carbocycles. The van der Waals surface area contributed by atoms with Crippen molar-refractivity contribution in [3.8, 4) is 5.69 Å². The minimum Gasteiger partial charge on any atom is -0.325 e. The molecule has 0 bridgehead atoms. The van der Waals surface area contributed by atoms with Crippen molar-refractivity contribution < 1.29 is 4.79 Å². The van der Waals surface area contributed by atoms with Gasteiger partial charge in [-0.15, -0.1) is 11.6 Å². The largest absolute Gasteiger partial charge is 0.325 e. The van der Waals surface area contributed by atoms with Crippen LogP contribution >= 0.6 is 11.6 Å². The predicted octanol–water partition coefficient (Wildman–Crippen LogP) is 3.27. The number of nitrogens with zero attached hydrogens (tertiary/aromatic N) is 1. The van der Waals surface area contributed by atoms with Crippen LogP contribution < -0.4 is 5.32 Å². The van der Waals surface area contributed by atoms with Crippen molar-refractivity contribution in [2.45, 2.75) is 13.8 Å². The highest BCUT2D eigenvalue weighted by Gasteiger charge is 2.04. The molecule has 1 N–H and O–H groups in total. The van der Waals surface area contributed by atoms with Gasteiger partial charge in [-0.1, -0.05) is 0 Å². The fraction of sp³-hybridized carbons (Fsp3) is 0.214. The summed E-state index contributed by atoms with van der Waals surface area (Å²) >= 11 is 5.44. The third-order valence-electron chi connectivity index (χ3n) is 2.80. The van der Waals surface area contributed by atoms with Gasteiger partial charge in [0, 0.05) is 22.8 Å². The van der Waals surface area contributed by atoms with Crippen LogP contribution in [0.15, 0.2) is 36.4 Å². The predicted molar refractivity (Wildman–Crippen MR) is 74.6 cm³/mol. The molecule has 1 aromatic carbocycles. The Morgan fingerprint density at radius 1 is 1.11 bits per heavy atom. The molecule has 2 aromatic rings. The second-order valence-electron chi connectivity index (χ2n) is 4.18. The highest BCUT2D eigenvalue weighted by molar-refractivity contribution is 6.29. The summed E-state index contributed by atoms with van der Waals surface area (Å²) in [5, 5.41) is 2.71. The quantitative estimate of drug-likeness (QED) is 0.847. The maximum absolute atomic E-state index is 11.2. The monoisotopic (exact) mass is 262 g/mol. The molecule has 1 aromatic heterocycles. The Balaban J connectivity index is 2.25. The fourth-order valence-electron chi connectivity index (χ4n) is 1.96. The molecule has 2 rings (SSSR count). The highest BCUT2D eigenvalue weighted by atomic mass is 35.5. The van der Waals surface area contributed by atoms with Crippen molar-refractivity contribution in [1.29, 1.82) is 0 Å². The Morgan fingerprint density at radius 3 is 2.17 bits per heavy atom. The number of aromatic nitrogens is 1. The van der Waals surface area contributed by atoms with Crippen molar-refractivity contribution in [2.24, 2.45) is 0 Å². The number of carbonyl (C=O) groups is 1. The molecule has 0 aliphatic rings. The summed E-state index contributed by atoms with van der Waals surface area (Å²) in [6.45, 7) is 4.13. The van der Waals surface area contributed by atoms with Gasteiger partial charge in [-0.25, -0.2) is 0 Å². The van der Waals surface area contributed by atoms with Crippen molar-refractivity contribution in [3.63, 3.8) is 0 Å². The summed E-state index contributed by atoms with van der Waals surface area (Å²) in [6.07, 6.45) is 0. The molecule has 0 unspecified atom stereocenters. The molecule has 94 valence electrons. The molecule has 0 aliphatic heterocycles. The Hall–Kier alpha value is -1.74. The molecule has 0 saturated heterocycles. The van der Waals surface area contributed by atoms with Crippen LogP contribution in [0.4, 0.5) is 5.69 Å². The van der Waals surface area contributed by atoms with Gasteiger partial charge in [0.05, 0.1) is 0 Å². The summed E-state index contributed by atoms with van der Waals surface area (Å²) < 4.78 is 2.16. The van der Waals surface area contributed by atoms with Gasteiger partial charge >= 0.3 is 0 Å². The number of benzene rings is 1. The number of anilines is 1. The first-order chi connectivity index (χ1) is 8.61. The molecular formula is C14H15ClN2O. The molecule has 0 atom stereocenters. The van der Waals surface area contributed by atoms with E-state index in [0.29, 0.717) is 0 Å². The number of rotatable bonds is 3. The van der Waals surface area contributed by atoms with Gasteiger partial charge < -0.3 is 9.88 Å². The highest BCUT2D eigenvalue weighted by Crippen LogP contribution is 2.18. The molecule has 3 nitrogen and oxygen atoms in total. The maximum atomic E-state index is 11.2. The summed E-state index contributed by atoms with van der Waals surface area (Å²) in [7, 11) is 0. The lowest BCUT2D eigenvalue weighted by Gasteiger charge is -2.10. The van der Waals surface area contributed by atoms with Crippen molar-refractivity contribution >= 4 is 23.2 Å². The van der Waals surface area contributed by atoms with Gasteiger partial charge in [0.25, 0.3) is 0 Å².